The van der Waals surface area contributed by atoms with Crippen molar-refractivity contribution in [1.82, 2.24) is 24.8 Å². The van der Waals surface area contributed by atoms with Crippen LogP contribution in [0, 0.1) is 18.6 Å². The number of benzene rings is 1. The van der Waals surface area contributed by atoms with E-state index in [-0.39, 0.29) is 18.0 Å². The van der Waals surface area contributed by atoms with Crippen LogP contribution in [0.3, 0.4) is 0 Å². The number of pyridine rings is 1. The molecule has 0 radical (unpaired) electrons. The van der Waals surface area contributed by atoms with Gasteiger partial charge in [-0.25, -0.2) is 18.6 Å². The van der Waals surface area contributed by atoms with Crippen LogP contribution < -0.4 is 21.5 Å². The minimum Gasteiger partial charge on any atom is -0.368 e. The fourth-order valence-electron chi connectivity index (χ4n) is 4.10. The predicted octanol–water partition coefficient (Wildman–Crippen LogP) is 0.890. The molecule has 4 rings (SSSR count). The van der Waals surface area contributed by atoms with Crippen LogP contribution in [-0.2, 0) is 13.6 Å². The van der Waals surface area contributed by atoms with E-state index in [1.54, 1.807) is 13.1 Å². The third-order valence-electron chi connectivity index (χ3n) is 5.97. The Bertz CT molecular complexity index is 1360. The monoisotopic (exact) mass is 458 g/mol. The Labute approximate surface area is 187 Å². The Balaban J connectivity index is 1.51. The van der Waals surface area contributed by atoms with Gasteiger partial charge in [0.2, 0.25) is 0 Å². The molecule has 0 unspecified atom stereocenters. The first-order valence-corrected chi connectivity index (χ1v) is 10.5. The lowest BCUT2D eigenvalue weighted by Gasteiger charge is -2.36. The molecular weight excluding hydrogens is 434 g/mol. The van der Waals surface area contributed by atoms with Crippen molar-refractivity contribution >= 4 is 22.5 Å². The van der Waals surface area contributed by atoms with E-state index in [0.717, 1.165) is 17.4 Å². The summed E-state index contributed by atoms with van der Waals surface area (Å²) in [6.07, 6.45) is 0. The van der Waals surface area contributed by atoms with Crippen molar-refractivity contribution in [2.45, 2.75) is 13.5 Å². The van der Waals surface area contributed by atoms with Gasteiger partial charge in [-0.1, -0.05) is 0 Å². The molecule has 2 N–H and O–H groups in total. The summed E-state index contributed by atoms with van der Waals surface area (Å²) in [5.41, 5.74) is -0.0186. The molecule has 1 fully saturated rings. The first kappa shape index (κ1) is 22.6. The van der Waals surface area contributed by atoms with Crippen molar-refractivity contribution in [1.29, 1.82) is 0 Å². The molecule has 0 spiro atoms. The number of carbonyl (C=O) groups excluding carboxylic acids is 1. The van der Waals surface area contributed by atoms with Gasteiger partial charge in [0.25, 0.3) is 11.5 Å². The molecule has 2 aromatic heterocycles. The number of piperazine rings is 1. The third kappa shape index (κ3) is 4.11. The van der Waals surface area contributed by atoms with Gasteiger partial charge < -0.3 is 15.2 Å². The Morgan fingerprint density at radius 3 is 2.52 bits per heavy atom. The van der Waals surface area contributed by atoms with Gasteiger partial charge in [-0.15, -0.1) is 0 Å². The lowest BCUT2D eigenvalue weighted by atomic mass is 10.1. The number of hydrogen-bond donors (Lipinski definition) is 2. The smallest absolute Gasteiger partial charge is 0.328 e. The van der Waals surface area contributed by atoms with Gasteiger partial charge in [-0.3, -0.25) is 19.1 Å². The fraction of sp³-hybridized carbons (Fsp3) is 0.364. The summed E-state index contributed by atoms with van der Waals surface area (Å²) >= 11 is 0. The molecule has 0 aliphatic carbocycles. The summed E-state index contributed by atoms with van der Waals surface area (Å²) in [4.78, 5) is 46.6. The van der Waals surface area contributed by atoms with Crippen molar-refractivity contribution in [2.24, 2.45) is 7.05 Å². The summed E-state index contributed by atoms with van der Waals surface area (Å²) < 4.78 is 30.4. The highest BCUT2D eigenvalue weighted by atomic mass is 19.1. The quantitative estimate of drug-likeness (QED) is 0.602. The molecule has 11 heteroatoms. The van der Waals surface area contributed by atoms with Crippen LogP contribution >= 0.6 is 0 Å². The van der Waals surface area contributed by atoms with E-state index < -0.39 is 33.8 Å². The molecule has 1 aliphatic rings. The Kier molecular flexibility index (Phi) is 5.98. The molecule has 1 aliphatic heterocycles. The zero-order valence-electron chi connectivity index (χ0n) is 18.5. The molecule has 0 atom stereocenters. The number of carbonyl (C=O) groups is 1. The van der Waals surface area contributed by atoms with Crippen molar-refractivity contribution in [3.63, 3.8) is 0 Å². The second-order valence-corrected chi connectivity index (χ2v) is 8.02. The van der Waals surface area contributed by atoms with Gasteiger partial charge in [0.05, 0.1) is 16.9 Å². The number of hydrogen-bond acceptors (Lipinski definition) is 6. The minimum absolute atomic E-state index is 0.0742. The largest absolute Gasteiger partial charge is 0.368 e. The second-order valence-electron chi connectivity index (χ2n) is 8.02. The van der Waals surface area contributed by atoms with E-state index in [1.807, 2.05) is 17.9 Å². The summed E-state index contributed by atoms with van der Waals surface area (Å²) in [7, 11) is 2.75. The Morgan fingerprint density at radius 1 is 1.18 bits per heavy atom. The number of rotatable bonds is 4. The Morgan fingerprint density at radius 2 is 1.88 bits per heavy atom. The van der Waals surface area contributed by atoms with E-state index in [1.165, 1.54) is 7.05 Å². The molecular formula is C22H24F2N6O3. The zero-order chi connectivity index (χ0) is 23.9. The summed E-state index contributed by atoms with van der Waals surface area (Å²) in [6.45, 7) is 4.42. The number of H-pyrrole nitrogens is 1. The maximum absolute atomic E-state index is 15.1. The Hall–Kier alpha value is -3.60. The van der Waals surface area contributed by atoms with E-state index >= 15 is 4.39 Å². The van der Waals surface area contributed by atoms with Crippen molar-refractivity contribution in [3.05, 3.63) is 67.6 Å². The molecule has 3 aromatic rings. The molecule has 1 aromatic carbocycles. The fourth-order valence-corrected chi connectivity index (χ4v) is 4.10. The average Bonchev–Trinajstić information content (AvgIpc) is 2.80. The lowest BCUT2D eigenvalue weighted by molar-refractivity contribution is 0.0958. The predicted molar refractivity (Wildman–Crippen MR) is 120 cm³/mol. The van der Waals surface area contributed by atoms with E-state index in [4.69, 9.17) is 0 Å². The number of amides is 1. The van der Waals surface area contributed by atoms with Gasteiger partial charge in [0, 0.05) is 52.4 Å². The maximum Gasteiger partial charge on any atom is 0.328 e. The van der Waals surface area contributed by atoms with Gasteiger partial charge >= 0.3 is 5.69 Å². The second kappa shape index (κ2) is 8.74. The van der Waals surface area contributed by atoms with Gasteiger partial charge in [-0.05, 0) is 25.1 Å². The van der Waals surface area contributed by atoms with Crippen molar-refractivity contribution in [3.8, 4) is 0 Å². The standard InChI is InChI=1S/C22H24F2N6O3/c1-12-16(5-4-15(26-12)20(31)25-2)30-8-6-29(7-9-30)11-13-10-14(23)17-19(18(13)24)27-22(33)28(3)21(17)32/h4-5,10H,6-9,11H2,1-3H3,(H,25,31)(H,27,33). The number of nitrogens with zero attached hydrogens (tertiary/aromatic N) is 4. The number of halogens is 2. The van der Waals surface area contributed by atoms with E-state index in [9.17, 15) is 18.8 Å². The summed E-state index contributed by atoms with van der Waals surface area (Å²) in [5.74, 6) is -1.92. The van der Waals surface area contributed by atoms with Gasteiger partial charge in [0.15, 0.2) is 5.82 Å². The number of aryl methyl sites for hydroxylation is 1. The molecule has 1 amide bonds. The van der Waals surface area contributed by atoms with Crippen LogP contribution in [0.5, 0.6) is 0 Å². The van der Waals surface area contributed by atoms with Crippen LogP contribution in [0.15, 0.2) is 27.8 Å². The van der Waals surface area contributed by atoms with E-state index in [2.05, 4.69) is 20.2 Å². The highest BCUT2D eigenvalue weighted by Crippen LogP contribution is 2.24. The molecule has 174 valence electrons. The SMILES string of the molecule is CNC(=O)c1ccc(N2CCN(Cc3cc(F)c4c(=O)n(C)c(=O)[nH]c4c3F)CC2)c(C)n1. The summed E-state index contributed by atoms with van der Waals surface area (Å²) in [5, 5.41) is 2.08. The van der Waals surface area contributed by atoms with Crippen LogP contribution in [0.4, 0.5) is 14.5 Å². The van der Waals surface area contributed by atoms with Crippen LogP contribution in [0.25, 0.3) is 10.9 Å². The molecule has 33 heavy (non-hydrogen) atoms. The van der Waals surface area contributed by atoms with Gasteiger partial charge in [0.1, 0.15) is 16.9 Å². The van der Waals surface area contributed by atoms with Crippen molar-refractivity contribution in [2.75, 3.05) is 38.1 Å². The number of aromatic amines is 1. The summed E-state index contributed by atoms with van der Waals surface area (Å²) in [6, 6.07) is 4.55. The first-order chi connectivity index (χ1) is 15.7. The highest BCUT2D eigenvalue weighted by Gasteiger charge is 2.23. The number of fused-ring (bicyclic) bond motifs is 1. The molecule has 1 saturated heterocycles. The molecule has 0 bridgehead atoms. The minimum atomic E-state index is -0.878. The first-order valence-electron chi connectivity index (χ1n) is 10.5. The number of anilines is 1. The number of nitrogens with one attached hydrogen (secondary N) is 2. The van der Waals surface area contributed by atoms with Crippen LogP contribution in [0.2, 0.25) is 0 Å². The zero-order valence-corrected chi connectivity index (χ0v) is 18.5. The maximum atomic E-state index is 15.1. The molecule has 3 heterocycles. The van der Waals surface area contributed by atoms with Crippen LogP contribution in [0.1, 0.15) is 21.7 Å². The lowest BCUT2D eigenvalue weighted by Crippen LogP contribution is -2.46. The van der Waals surface area contributed by atoms with Crippen molar-refractivity contribution < 1.29 is 13.6 Å². The normalized spacial score (nSPS) is 14.6. The third-order valence-corrected chi connectivity index (χ3v) is 5.97. The topological polar surface area (TPSA) is 103 Å². The molecule has 0 saturated carbocycles. The van der Waals surface area contributed by atoms with Crippen LogP contribution in [-0.4, -0.2) is 58.6 Å². The van der Waals surface area contributed by atoms with E-state index in [0.29, 0.717) is 36.4 Å². The average molecular weight is 458 g/mol. The molecule has 9 nitrogen and oxygen atoms in total. The number of aromatic nitrogens is 3. The van der Waals surface area contributed by atoms with Gasteiger partial charge in [-0.2, -0.15) is 0 Å². The highest BCUT2D eigenvalue weighted by molar-refractivity contribution is 5.92.